The number of nitrogens with two attached hydrogens (primary N) is 1. The fourth-order valence-corrected chi connectivity index (χ4v) is 2.31. The first-order chi connectivity index (χ1) is 10.1. The van der Waals surface area contributed by atoms with Gasteiger partial charge in [0.1, 0.15) is 0 Å². The van der Waals surface area contributed by atoms with E-state index in [1.807, 2.05) is 19.1 Å². The third-order valence-corrected chi connectivity index (χ3v) is 3.70. The molecule has 0 spiro atoms. The molecule has 118 valence electrons. The van der Waals surface area contributed by atoms with Crippen molar-refractivity contribution in [2.24, 2.45) is 5.73 Å². The Bertz CT molecular complexity index is 430. The summed E-state index contributed by atoms with van der Waals surface area (Å²) in [6.45, 7) is 9.95. The van der Waals surface area contributed by atoms with Crippen LogP contribution in [0.1, 0.15) is 44.7 Å². The maximum Gasteiger partial charge on any atom is 0.237 e. The molecule has 0 fully saturated rings. The molecule has 0 aliphatic heterocycles. The molecule has 4 nitrogen and oxygen atoms in total. The summed E-state index contributed by atoms with van der Waals surface area (Å²) >= 11 is 0. The van der Waals surface area contributed by atoms with Crippen molar-refractivity contribution in [1.82, 2.24) is 10.2 Å². The molecule has 0 heterocycles. The Kier molecular flexibility index (Phi) is 8.01. The Morgan fingerprint density at radius 2 is 1.90 bits per heavy atom. The van der Waals surface area contributed by atoms with Gasteiger partial charge in [-0.15, -0.1) is 0 Å². The summed E-state index contributed by atoms with van der Waals surface area (Å²) in [7, 11) is 0. The van der Waals surface area contributed by atoms with E-state index in [4.69, 9.17) is 5.73 Å². The monoisotopic (exact) mass is 291 g/mol. The molecule has 1 atom stereocenters. The summed E-state index contributed by atoms with van der Waals surface area (Å²) in [6.07, 6.45) is 1.65. The lowest BCUT2D eigenvalue weighted by atomic mass is 10.1. The molecule has 0 aromatic heterocycles. The number of carbonyl (C=O) groups excluding carboxylic acids is 1. The van der Waals surface area contributed by atoms with Crippen molar-refractivity contribution in [3.63, 3.8) is 0 Å². The summed E-state index contributed by atoms with van der Waals surface area (Å²) in [5, 5.41) is 2.91. The highest BCUT2D eigenvalue weighted by atomic mass is 16.2. The van der Waals surface area contributed by atoms with Gasteiger partial charge in [-0.05, 0) is 30.6 Å². The van der Waals surface area contributed by atoms with Gasteiger partial charge in [0.05, 0.1) is 6.04 Å². The van der Waals surface area contributed by atoms with Crippen LogP contribution in [0.15, 0.2) is 24.3 Å². The molecule has 1 amide bonds. The molecule has 1 unspecified atom stereocenters. The second kappa shape index (κ2) is 9.53. The summed E-state index contributed by atoms with van der Waals surface area (Å²) in [5.41, 5.74) is 8.21. The predicted octanol–water partition coefficient (Wildman–Crippen LogP) is 2.27. The molecule has 0 saturated heterocycles. The largest absolute Gasteiger partial charge is 0.351 e. The van der Waals surface area contributed by atoms with Gasteiger partial charge in [0.25, 0.3) is 0 Å². The fraction of sp³-hybridized carbons (Fsp3) is 0.588. The molecule has 3 N–H and O–H groups in total. The number of rotatable bonds is 9. The lowest BCUT2D eigenvalue weighted by Gasteiger charge is -2.18. The van der Waals surface area contributed by atoms with Crippen LogP contribution in [0.25, 0.3) is 0 Å². The predicted molar refractivity (Wildman–Crippen MR) is 87.8 cm³/mol. The zero-order valence-corrected chi connectivity index (χ0v) is 13.6. The van der Waals surface area contributed by atoms with Crippen molar-refractivity contribution < 1.29 is 4.79 Å². The van der Waals surface area contributed by atoms with Gasteiger partial charge < -0.3 is 11.1 Å². The second-order valence-electron chi connectivity index (χ2n) is 5.39. The second-order valence-corrected chi connectivity index (χ2v) is 5.39. The van der Waals surface area contributed by atoms with Crippen LogP contribution in [0.5, 0.6) is 0 Å². The molecule has 1 aromatic carbocycles. The fourth-order valence-electron chi connectivity index (χ4n) is 2.31. The van der Waals surface area contributed by atoms with Crippen LogP contribution in [-0.2, 0) is 17.9 Å². The Morgan fingerprint density at radius 3 is 2.52 bits per heavy atom. The molecule has 1 rings (SSSR count). The molecule has 4 heteroatoms. The number of carbonyl (C=O) groups is 1. The summed E-state index contributed by atoms with van der Waals surface area (Å²) in [6, 6.07) is 7.98. The number of nitrogens with one attached hydrogen (secondary N) is 1. The molecule has 0 radical (unpaired) electrons. The van der Waals surface area contributed by atoms with Gasteiger partial charge in [-0.2, -0.15) is 0 Å². The van der Waals surface area contributed by atoms with Gasteiger partial charge in [-0.1, -0.05) is 51.5 Å². The summed E-state index contributed by atoms with van der Waals surface area (Å²) in [4.78, 5) is 14.2. The van der Waals surface area contributed by atoms with E-state index in [1.165, 1.54) is 5.56 Å². The van der Waals surface area contributed by atoms with Gasteiger partial charge >= 0.3 is 0 Å². The van der Waals surface area contributed by atoms with Crippen molar-refractivity contribution >= 4 is 5.91 Å². The van der Waals surface area contributed by atoms with E-state index < -0.39 is 6.04 Å². The van der Waals surface area contributed by atoms with Crippen molar-refractivity contribution in [3.05, 3.63) is 35.4 Å². The summed E-state index contributed by atoms with van der Waals surface area (Å²) < 4.78 is 0. The van der Waals surface area contributed by atoms with Gasteiger partial charge in [0.2, 0.25) is 5.91 Å². The first kappa shape index (κ1) is 17.7. The first-order valence-electron chi connectivity index (χ1n) is 7.94. The third kappa shape index (κ3) is 6.27. The van der Waals surface area contributed by atoms with E-state index in [9.17, 15) is 4.79 Å². The zero-order valence-electron chi connectivity index (χ0n) is 13.6. The van der Waals surface area contributed by atoms with E-state index >= 15 is 0 Å². The van der Waals surface area contributed by atoms with Crippen molar-refractivity contribution in [3.8, 4) is 0 Å². The molecule has 0 saturated carbocycles. The van der Waals surface area contributed by atoms with Crippen molar-refractivity contribution in [2.75, 3.05) is 13.1 Å². The Labute approximate surface area is 128 Å². The molecule has 0 aliphatic rings. The average Bonchev–Trinajstić information content (AvgIpc) is 2.50. The highest BCUT2D eigenvalue weighted by Gasteiger charge is 2.11. The molecular weight excluding hydrogens is 262 g/mol. The number of hydrogen-bond acceptors (Lipinski definition) is 3. The number of hydrogen-bond donors (Lipinski definition) is 2. The van der Waals surface area contributed by atoms with E-state index in [0.29, 0.717) is 6.54 Å². The Balaban J connectivity index is 2.54. The normalized spacial score (nSPS) is 12.4. The number of nitrogens with zero attached hydrogens (tertiary/aromatic N) is 1. The minimum absolute atomic E-state index is 0.0639. The van der Waals surface area contributed by atoms with Crippen molar-refractivity contribution in [1.29, 1.82) is 0 Å². The van der Waals surface area contributed by atoms with E-state index in [1.54, 1.807) is 0 Å². The lowest BCUT2D eigenvalue weighted by molar-refractivity contribution is -0.122. The van der Waals surface area contributed by atoms with Crippen LogP contribution < -0.4 is 11.1 Å². The maximum atomic E-state index is 11.8. The Morgan fingerprint density at radius 1 is 1.24 bits per heavy atom. The van der Waals surface area contributed by atoms with Crippen LogP contribution in [0.2, 0.25) is 0 Å². The van der Waals surface area contributed by atoms with Crippen molar-refractivity contribution in [2.45, 2.75) is 52.7 Å². The van der Waals surface area contributed by atoms with Gasteiger partial charge in [-0.25, -0.2) is 0 Å². The number of amides is 1. The van der Waals surface area contributed by atoms with Gasteiger partial charge in [0.15, 0.2) is 0 Å². The highest BCUT2D eigenvalue weighted by Crippen LogP contribution is 2.08. The highest BCUT2D eigenvalue weighted by molar-refractivity contribution is 5.81. The average molecular weight is 291 g/mol. The van der Waals surface area contributed by atoms with Crippen LogP contribution in [0.3, 0.4) is 0 Å². The van der Waals surface area contributed by atoms with Gasteiger partial charge in [0, 0.05) is 13.1 Å². The molecular formula is C17H29N3O. The topological polar surface area (TPSA) is 58.4 Å². The SMILES string of the molecule is CCCC(N)C(=O)NCc1cccc(CN(CC)CC)c1. The van der Waals surface area contributed by atoms with Gasteiger partial charge in [-0.3, -0.25) is 9.69 Å². The van der Waals surface area contributed by atoms with E-state index in [-0.39, 0.29) is 5.91 Å². The minimum Gasteiger partial charge on any atom is -0.351 e. The molecule has 0 bridgehead atoms. The quantitative estimate of drug-likeness (QED) is 0.734. The first-order valence-corrected chi connectivity index (χ1v) is 7.94. The smallest absolute Gasteiger partial charge is 0.237 e. The Hall–Kier alpha value is -1.39. The standard InChI is InChI=1S/C17H29N3O/c1-4-8-16(18)17(21)19-12-14-9-7-10-15(11-14)13-20(5-2)6-3/h7,9-11,16H,4-6,8,12-13,18H2,1-3H3,(H,19,21). The van der Waals surface area contributed by atoms with Crippen LogP contribution in [0, 0.1) is 0 Å². The van der Waals surface area contributed by atoms with Crippen LogP contribution in [0.4, 0.5) is 0 Å². The molecule has 1 aromatic rings. The maximum absolute atomic E-state index is 11.8. The van der Waals surface area contributed by atoms with Crippen LogP contribution >= 0.6 is 0 Å². The zero-order chi connectivity index (χ0) is 15.7. The van der Waals surface area contributed by atoms with Crippen LogP contribution in [-0.4, -0.2) is 29.9 Å². The van der Waals surface area contributed by atoms with E-state index in [2.05, 4.69) is 36.2 Å². The summed E-state index contributed by atoms with van der Waals surface area (Å²) in [5.74, 6) is -0.0639. The third-order valence-electron chi connectivity index (χ3n) is 3.70. The lowest BCUT2D eigenvalue weighted by Crippen LogP contribution is -2.40. The molecule has 21 heavy (non-hydrogen) atoms. The number of benzene rings is 1. The minimum atomic E-state index is -0.395. The molecule has 0 aliphatic carbocycles. The van der Waals surface area contributed by atoms with E-state index in [0.717, 1.165) is 38.0 Å².